The number of benzene rings is 1. The predicted octanol–water partition coefficient (Wildman–Crippen LogP) is 4.70. The fourth-order valence-corrected chi connectivity index (χ4v) is 7.14. The Morgan fingerprint density at radius 3 is 2.69 bits per heavy atom. The lowest BCUT2D eigenvalue weighted by molar-refractivity contribution is -0.185. The zero-order chi connectivity index (χ0) is 25.9. The van der Waals surface area contributed by atoms with Gasteiger partial charge in [-0.1, -0.05) is 26.0 Å². The van der Waals surface area contributed by atoms with Crippen LogP contribution in [0.15, 0.2) is 41.8 Å². The molecule has 0 bridgehead atoms. The number of aliphatic hydroxyl groups excluding tert-OH is 2. The number of halogens is 1. The van der Waals surface area contributed by atoms with Crippen LogP contribution in [0, 0.1) is 28.5 Å². The number of carbonyl (C=O) groups excluding carboxylic acids is 2. The van der Waals surface area contributed by atoms with E-state index < -0.39 is 34.9 Å². The third-order valence-electron chi connectivity index (χ3n) is 8.44. The summed E-state index contributed by atoms with van der Waals surface area (Å²) in [6.07, 6.45) is 0.634. The van der Waals surface area contributed by atoms with Gasteiger partial charge in [-0.3, -0.25) is 10.1 Å². The minimum atomic E-state index is -0.752. The van der Waals surface area contributed by atoms with Crippen molar-refractivity contribution >= 4 is 29.0 Å². The molecule has 2 amide bonds. The molecule has 36 heavy (non-hydrogen) atoms. The second-order valence-electron chi connectivity index (χ2n) is 10.6. The highest BCUT2D eigenvalue weighted by Crippen LogP contribution is 2.61. The first-order valence-corrected chi connectivity index (χ1v) is 13.3. The average Bonchev–Trinajstić information content (AvgIpc) is 3.36. The summed E-state index contributed by atoms with van der Waals surface area (Å²) in [6, 6.07) is 9.48. The molecule has 9 heteroatoms. The third-order valence-corrected chi connectivity index (χ3v) is 9.32. The number of thiophene rings is 1. The van der Waals surface area contributed by atoms with Gasteiger partial charge in [0.15, 0.2) is 0 Å². The molecule has 4 N–H and O–H groups in total. The fourth-order valence-electron chi connectivity index (χ4n) is 6.49. The van der Waals surface area contributed by atoms with Crippen LogP contribution in [0.1, 0.15) is 50.8 Å². The minimum absolute atomic E-state index is 0.0609. The average molecular weight is 519 g/mol. The van der Waals surface area contributed by atoms with Crippen LogP contribution in [-0.2, 0) is 16.1 Å². The van der Waals surface area contributed by atoms with Gasteiger partial charge in [-0.25, -0.2) is 9.18 Å². The normalized spacial score (nSPS) is 31.8. The van der Waals surface area contributed by atoms with Crippen LogP contribution in [0.3, 0.4) is 0 Å². The van der Waals surface area contributed by atoms with Crippen molar-refractivity contribution in [2.24, 2.45) is 22.7 Å². The van der Waals surface area contributed by atoms with E-state index in [1.807, 2.05) is 24.4 Å². The van der Waals surface area contributed by atoms with Crippen molar-refractivity contribution in [2.45, 2.75) is 64.7 Å². The summed E-state index contributed by atoms with van der Waals surface area (Å²) in [5, 5.41) is 29.0. The maximum absolute atomic E-state index is 13.5. The lowest BCUT2D eigenvalue weighted by Gasteiger charge is -2.60. The molecule has 196 valence electrons. The lowest BCUT2D eigenvalue weighted by Crippen LogP contribution is -2.61. The third kappa shape index (κ3) is 5.43. The second kappa shape index (κ2) is 10.9. The van der Waals surface area contributed by atoms with Crippen molar-refractivity contribution in [2.75, 3.05) is 11.9 Å². The van der Waals surface area contributed by atoms with Crippen LogP contribution >= 0.6 is 11.3 Å². The van der Waals surface area contributed by atoms with E-state index in [-0.39, 0.29) is 30.8 Å². The fraction of sp³-hybridized carbons (Fsp3) is 0.556. The van der Waals surface area contributed by atoms with E-state index in [0.717, 1.165) is 4.88 Å². The molecule has 2 aliphatic carbocycles. The van der Waals surface area contributed by atoms with Gasteiger partial charge in [-0.15, -0.1) is 11.3 Å². The van der Waals surface area contributed by atoms with E-state index in [1.165, 1.54) is 18.2 Å². The molecule has 7 nitrogen and oxygen atoms in total. The quantitative estimate of drug-likeness (QED) is 0.425. The molecule has 1 aromatic heterocycles. The first-order chi connectivity index (χ1) is 17.2. The number of anilines is 1. The van der Waals surface area contributed by atoms with Crippen LogP contribution in [0.4, 0.5) is 14.9 Å². The van der Waals surface area contributed by atoms with Gasteiger partial charge in [0.05, 0.1) is 19.3 Å². The minimum Gasteiger partial charge on any atom is -0.445 e. The van der Waals surface area contributed by atoms with E-state index in [9.17, 15) is 24.2 Å². The van der Waals surface area contributed by atoms with Gasteiger partial charge in [0.25, 0.3) is 0 Å². The molecule has 2 saturated carbocycles. The number of rotatable bonds is 7. The van der Waals surface area contributed by atoms with Crippen molar-refractivity contribution in [1.82, 2.24) is 5.32 Å². The second-order valence-corrected chi connectivity index (χ2v) is 11.6. The molecule has 0 spiro atoms. The van der Waals surface area contributed by atoms with Crippen molar-refractivity contribution in [3.63, 3.8) is 0 Å². The number of hydrogen-bond donors (Lipinski definition) is 4. The highest BCUT2D eigenvalue weighted by molar-refractivity contribution is 7.09. The Morgan fingerprint density at radius 1 is 1.19 bits per heavy atom. The maximum Gasteiger partial charge on any atom is 0.411 e. The lowest BCUT2D eigenvalue weighted by atomic mass is 9.46. The van der Waals surface area contributed by atoms with Crippen LogP contribution in [0.5, 0.6) is 0 Å². The number of hydrogen-bond acceptors (Lipinski definition) is 6. The molecule has 2 aromatic rings. The van der Waals surface area contributed by atoms with Gasteiger partial charge in [0.2, 0.25) is 5.91 Å². The summed E-state index contributed by atoms with van der Waals surface area (Å²) >= 11 is 1.58. The van der Waals surface area contributed by atoms with Crippen molar-refractivity contribution in [3.8, 4) is 0 Å². The Kier molecular flexibility index (Phi) is 8.02. The standard InChI is InChI=1S/C27H35FN2O5S/c1-26-11-10-23(35-25(34)30-18-6-3-5-17(28)13-18)27(2,16-31)22(26)9-8-21(32)20(26)14-24(33)29-15-19-7-4-12-36-19/h3-7,12-13,20-23,31-32H,8-11,14-16H2,1-2H3,(H,29,33)(H,30,34)/t20-,21-,22-,23-,26+,27+/m1/s1. The highest BCUT2D eigenvalue weighted by Gasteiger charge is 2.60. The van der Waals surface area contributed by atoms with Crippen molar-refractivity contribution in [1.29, 1.82) is 0 Å². The summed E-state index contributed by atoms with van der Waals surface area (Å²) in [7, 11) is 0. The van der Waals surface area contributed by atoms with Crippen molar-refractivity contribution in [3.05, 3.63) is 52.5 Å². The SMILES string of the molecule is C[C@]1(CO)[C@@H]2CC[C@@H](O)[C@@H](CC(=O)NCc3cccs3)[C@]2(C)CC[C@H]1OC(=O)Nc1cccc(F)c1. The zero-order valence-corrected chi connectivity index (χ0v) is 21.5. The summed E-state index contributed by atoms with van der Waals surface area (Å²) in [5.41, 5.74) is -0.868. The van der Waals surface area contributed by atoms with E-state index in [2.05, 4.69) is 17.6 Å². The largest absolute Gasteiger partial charge is 0.445 e. The van der Waals surface area contributed by atoms with E-state index in [4.69, 9.17) is 4.74 Å². The number of amides is 2. The van der Waals surface area contributed by atoms with E-state index in [0.29, 0.717) is 37.9 Å². The number of aliphatic hydroxyl groups is 2. The molecule has 6 atom stereocenters. The topological polar surface area (TPSA) is 108 Å². The Balaban J connectivity index is 1.46. The van der Waals surface area contributed by atoms with E-state index in [1.54, 1.807) is 17.4 Å². The monoisotopic (exact) mass is 518 g/mol. The molecule has 1 aromatic carbocycles. The molecule has 1 heterocycles. The molecular weight excluding hydrogens is 483 g/mol. The first-order valence-electron chi connectivity index (χ1n) is 12.5. The Labute approximate surface area is 215 Å². The van der Waals surface area contributed by atoms with Crippen LogP contribution in [-0.4, -0.2) is 41.0 Å². The summed E-state index contributed by atoms with van der Waals surface area (Å²) in [4.78, 5) is 26.5. The zero-order valence-electron chi connectivity index (χ0n) is 20.7. The summed E-state index contributed by atoms with van der Waals surface area (Å²) < 4.78 is 19.3. The van der Waals surface area contributed by atoms with Crippen LogP contribution in [0.2, 0.25) is 0 Å². The van der Waals surface area contributed by atoms with Gasteiger partial charge in [0.1, 0.15) is 11.9 Å². The number of nitrogens with one attached hydrogen (secondary N) is 2. The molecule has 0 saturated heterocycles. The molecule has 4 rings (SSSR count). The first kappa shape index (κ1) is 26.6. The Bertz CT molecular complexity index is 1070. The van der Waals surface area contributed by atoms with E-state index >= 15 is 0 Å². The number of carbonyl (C=O) groups is 2. The molecule has 2 aliphatic rings. The number of fused-ring (bicyclic) bond motifs is 1. The smallest absolute Gasteiger partial charge is 0.411 e. The summed E-state index contributed by atoms with van der Waals surface area (Å²) in [6.45, 7) is 4.28. The molecule has 0 aliphatic heterocycles. The van der Waals surface area contributed by atoms with Gasteiger partial charge < -0.3 is 20.3 Å². The molecule has 0 radical (unpaired) electrons. The van der Waals surface area contributed by atoms with Crippen LogP contribution < -0.4 is 10.6 Å². The maximum atomic E-state index is 13.5. The van der Waals surface area contributed by atoms with Crippen molar-refractivity contribution < 1.29 is 28.9 Å². The summed E-state index contributed by atoms with van der Waals surface area (Å²) in [5.74, 6) is -0.901. The molecule has 2 fully saturated rings. The molecular formula is C27H35FN2O5S. The van der Waals surface area contributed by atoms with Gasteiger partial charge in [-0.05, 0) is 72.6 Å². The molecule has 0 unspecified atom stereocenters. The highest BCUT2D eigenvalue weighted by atomic mass is 32.1. The Hall–Kier alpha value is -2.49. The van der Waals surface area contributed by atoms with Gasteiger partial charge in [-0.2, -0.15) is 0 Å². The van der Waals surface area contributed by atoms with Crippen LogP contribution in [0.25, 0.3) is 0 Å². The number of ether oxygens (including phenoxy) is 1. The van der Waals surface area contributed by atoms with Gasteiger partial charge in [0, 0.05) is 22.4 Å². The van der Waals surface area contributed by atoms with Gasteiger partial charge >= 0.3 is 6.09 Å². The Morgan fingerprint density at radius 2 is 2.00 bits per heavy atom. The predicted molar refractivity (Wildman–Crippen MR) is 136 cm³/mol.